The van der Waals surface area contributed by atoms with Gasteiger partial charge in [-0.1, -0.05) is 12.1 Å². The number of hydrogen-bond donors (Lipinski definition) is 1. The van der Waals surface area contributed by atoms with Crippen LogP contribution < -0.4 is 5.32 Å². The van der Waals surface area contributed by atoms with E-state index in [1.807, 2.05) is 0 Å². The molecule has 23 heavy (non-hydrogen) atoms. The summed E-state index contributed by atoms with van der Waals surface area (Å²) in [5.41, 5.74) is 1.32. The molecular formula is C17H22N2O4. The molecule has 0 saturated carbocycles. The molecule has 0 radical (unpaired) electrons. The molecule has 0 unspecified atom stereocenters. The van der Waals surface area contributed by atoms with E-state index < -0.39 is 16.6 Å². The van der Waals surface area contributed by atoms with E-state index in [1.54, 1.807) is 32.9 Å². The van der Waals surface area contributed by atoms with Crippen molar-refractivity contribution in [1.29, 1.82) is 0 Å². The molecule has 124 valence electrons. The Hall–Kier alpha value is -2.37. The van der Waals surface area contributed by atoms with Gasteiger partial charge in [0.25, 0.3) is 5.69 Å². The van der Waals surface area contributed by atoms with E-state index in [-0.39, 0.29) is 11.4 Å². The minimum Gasteiger partial charge on any atom is -0.444 e. The Bertz CT molecular complexity index is 644. The van der Waals surface area contributed by atoms with Gasteiger partial charge in [0.2, 0.25) is 0 Å². The number of rotatable bonds is 3. The van der Waals surface area contributed by atoms with Crippen molar-refractivity contribution in [2.45, 2.75) is 52.1 Å². The Morgan fingerprint density at radius 2 is 2.04 bits per heavy atom. The Morgan fingerprint density at radius 3 is 2.61 bits per heavy atom. The van der Waals surface area contributed by atoms with Gasteiger partial charge in [0.15, 0.2) is 0 Å². The number of hydrogen-bond acceptors (Lipinski definition) is 4. The normalized spacial score (nSPS) is 14.8. The van der Waals surface area contributed by atoms with E-state index in [0.29, 0.717) is 0 Å². The van der Waals surface area contributed by atoms with Crippen molar-refractivity contribution in [2.24, 2.45) is 0 Å². The van der Waals surface area contributed by atoms with E-state index in [9.17, 15) is 14.9 Å². The molecule has 1 aromatic rings. The number of nitrogens with zero attached hydrogens (tertiary/aromatic N) is 1. The second-order valence-electron chi connectivity index (χ2n) is 6.59. The number of carbonyl (C=O) groups is 1. The fourth-order valence-electron chi connectivity index (χ4n) is 2.50. The summed E-state index contributed by atoms with van der Waals surface area (Å²) < 4.78 is 5.14. The first-order chi connectivity index (χ1) is 10.8. The summed E-state index contributed by atoms with van der Waals surface area (Å²) in [6, 6.07) is 4.88. The third kappa shape index (κ3) is 4.81. The van der Waals surface area contributed by atoms with E-state index in [2.05, 4.69) is 11.4 Å². The number of nitrogens with one attached hydrogen (secondary N) is 1. The summed E-state index contributed by atoms with van der Waals surface area (Å²) in [5.74, 6) is 0. The van der Waals surface area contributed by atoms with Gasteiger partial charge in [-0.2, -0.15) is 0 Å². The number of nitro benzene ring substituents is 1. The van der Waals surface area contributed by atoms with Crippen LogP contribution in [0.15, 0.2) is 24.3 Å². The Kier molecular flexibility index (Phi) is 5.03. The SMILES string of the molecule is CC(C)(C)OC(=O)Nc1ccc(C2=CCCCC2)cc1[N+](=O)[O-]. The van der Waals surface area contributed by atoms with Gasteiger partial charge in [0, 0.05) is 6.07 Å². The van der Waals surface area contributed by atoms with Crippen LogP contribution in [0.4, 0.5) is 16.2 Å². The quantitative estimate of drug-likeness (QED) is 0.635. The van der Waals surface area contributed by atoms with Crippen LogP contribution in [0, 0.1) is 10.1 Å². The minimum absolute atomic E-state index is 0.125. The third-order valence-electron chi connectivity index (χ3n) is 3.49. The molecule has 1 aliphatic carbocycles. The minimum atomic E-state index is -0.703. The van der Waals surface area contributed by atoms with E-state index in [0.717, 1.165) is 36.8 Å². The average Bonchev–Trinajstić information content (AvgIpc) is 2.46. The smallest absolute Gasteiger partial charge is 0.412 e. The molecule has 1 aromatic carbocycles. The van der Waals surface area contributed by atoms with E-state index in [1.165, 1.54) is 6.07 Å². The number of amides is 1. The van der Waals surface area contributed by atoms with Crippen molar-refractivity contribution in [3.63, 3.8) is 0 Å². The summed E-state index contributed by atoms with van der Waals surface area (Å²) in [5, 5.41) is 13.8. The zero-order chi connectivity index (χ0) is 17.0. The van der Waals surface area contributed by atoms with Crippen LogP contribution in [-0.2, 0) is 4.74 Å². The summed E-state index contributed by atoms with van der Waals surface area (Å²) in [6.07, 6.45) is 5.60. The topological polar surface area (TPSA) is 81.5 Å². The first-order valence-corrected chi connectivity index (χ1v) is 7.74. The standard InChI is InChI=1S/C17H22N2O4/c1-17(2,3)23-16(20)18-14-10-9-13(11-15(14)19(21)22)12-7-5-4-6-8-12/h7,9-11H,4-6,8H2,1-3H3,(H,18,20). The van der Waals surface area contributed by atoms with Crippen molar-refractivity contribution < 1.29 is 14.5 Å². The van der Waals surface area contributed by atoms with Crippen LogP contribution in [0.3, 0.4) is 0 Å². The van der Waals surface area contributed by atoms with Gasteiger partial charge in [-0.05, 0) is 63.7 Å². The molecule has 0 fully saturated rings. The van der Waals surface area contributed by atoms with E-state index >= 15 is 0 Å². The molecule has 6 nitrogen and oxygen atoms in total. The highest BCUT2D eigenvalue weighted by Gasteiger charge is 2.21. The summed E-state index contributed by atoms with van der Waals surface area (Å²) >= 11 is 0. The fraction of sp³-hybridized carbons (Fsp3) is 0.471. The molecule has 0 bridgehead atoms. The lowest BCUT2D eigenvalue weighted by Gasteiger charge is -2.20. The Labute approximate surface area is 135 Å². The average molecular weight is 318 g/mol. The van der Waals surface area contributed by atoms with Crippen molar-refractivity contribution in [2.75, 3.05) is 5.32 Å². The van der Waals surface area contributed by atoms with Crippen LogP contribution in [-0.4, -0.2) is 16.6 Å². The third-order valence-corrected chi connectivity index (χ3v) is 3.49. The highest BCUT2D eigenvalue weighted by atomic mass is 16.6. The van der Waals surface area contributed by atoms with Crippen LogP contribution in [0.25, 0.3) is 5.57 Å². The molecule has 0 aromatic heterocycles. The predicted molar refractivity (Wildman–Crippen MR) is 89.4 cm³/mol. The van der Waals surface area contributed by atoms with Crippen molar-refractivity contribution in [1.82, 2.24) is 0 Å². The number of carbonyl (C=O) groups excluding carboxylic acids is 1. The maximum absolute atomic E-state index is 11.8. The van der Waals surface area contributed by atoms with Gasteiger partial charge in [-0.3, -0.25) is 15.4 Å². The van der Waals surface area contributed by atoms with Gasteiger partial charge in [-0.25, -0.2) is 4.79 Å². The Morgan fingerprint density at radius 1 is 1.30 bits per heavy atom. The summed E-state index contributed by atoms with van der Waals surface area (Å²) in [6.45, 7) is 5.21. The molecule has 1 N–H and O–H groups in total. The molecule has 0 spiro atoms. The molecule has 6 heteroatoms. The predicted octanol–water partition coefficient (Wildman–Crippen LogP) is 4.90. The van der Waals surface area contributed by atoms with Crippen LogP contribution >= 0.6 is 0 Å². The summed E-state index contributed by atoms with van der Waals surface area (Å²) in [4.78, 5) is 22.7. The number of anilines is 1. The largest absolute Gasteiger partial charge is 0.444 e. The van der Waals surface area contributed by atoms with Gasteiger partial charge in [-0.15, -0.1) is 0 Å². The van der Waals surface area contributed by atoms with Crippen molar-refractivity contribution in [3.8, 4) is 0 Å². The lowest BCUT2D eigenvalue weighted by Crippen LogP contribution is -2.27. The highest BCUT2D eigenvalue weighted by molar-refractivity contribution is 5.89. The molecule has 0 heterocycles. The van der Waals surface area contributed by atoms with Crippen LogP contribution in [0.1, 0.15) is 52.0 Å². The van der Waals surface area contributed by atoms with Gasteiger partial charge >= 0.3 is 6.09 Å². The van der Waals surface area contributed by atoms with Crippen molar-refractivity contribution in [3.05, 3.63) is 40.0 Å². The second-order valence-corrected chi connectivity index (χ2v) is 6.59. The fourth-order valence-corrected chi connectivity index (χ4v) is 2.50. The van der Waals surface area contributed by atoms with Crippen LogP contribution in [0.5, 0.6) is 0 Å². The lowest BCUT2D eigenvalue weighted by atomic mass is 9.93. The van der Waals surface area contributed by atoms with E-state index in [4.69, 9.17) is 4.74 Å². The second kappa shape index (κ2) is 6.81. The number of allylic oxidation sites excluding steroid dienone is 2. The summed E-state index contributed by atoms with van der Waals surface area (Å²) in [7, 11) is 0. The first-order valence-electron chi connectivity index (χ1n) is 7.74. The number of nitro groups is 1. The number of ether oxygens (including phenoxy) is 1. The molecular weight excluding hydrogens is 296 g/mol. The van der Waals surface area contributed by atoms with Crippen molar-refractivity contribution >= 4 is 23.0 Å². The molecule has 0 saturated heterocycles. The van der Waals surface area contributed by atoms with Gasteiger partial charge < -0.3 is 4.74 Å². The Balaban J connectivity index is 2.25. The molecule has 0 aliphatic heterocycles. The maximum atomic E-state index is 11.8. The maximum Gasteiger partial charge on any atom is 0.412 e. The monoisotopic (exact) mass is 318 g/mol. The molecule has 0 atom stereocenters. The van der Waals surface area contributed by atoms with Gasteiger partial charge in [0.1, 0.15) is 11.3 Å². The zero-order valence-electron chi connectivity index (χ0n) is 13.7. The lowest BCUT2D eigenvalue weighted by molar-refractivity contribution is -0.383. The van der Waals surface area contributed by atoms with Gasteiger partial charge in [0.05, 0.1) is 4.92 Å². The highest BCUT2D eigenvalue weighted by Crippen LogP contribution is 2.32. The zero-order valence-corrected chi connectivity index (χ0v) is 13.7. The van der Waals surface area contributed by atoms with Crippen LogP contribution in [0.2, 0.25) is 0 Å². The molecule has 1 amide bonds. The molecule has 1 aliphatic rings. The molecule has 2 rings (SSSR count). The first kappa shape index (κ1) is 17.0. The number of benzene rings is 1.